The molecular formula is C16H19N3OS. The minimum atomic E-state index is -0.134. The predicted octanol–water partition coefficient (Wildman–Crippen LogP) is 2.69. The van der Waals surface area contributed by atoms with Crippen molar-refractivity contribution in [3.05, 3.63) is 36.0 Å². The van der Waals surface area contributed by atoms with Gasteiger partial charge in [-0.3, -0.25) is 4.79 Å². The van der Waals surface area contributed by atoms with Crippen molar-refractivity contribution >= 4 is 34.3 Å². The van der Waals surface area contributed by atoms with Crippen molar-refractivity contribution in [3.63, 3.8) is 0 Å². The topological polar surface area (TPSA) is 68.0 Å². The van der Waals surface area contributed by atoms with Crippen LogP contribution in [-0.4, -0.2) is 28.9 Å². The molecule has 3 N–H and O–H groups in total. The summed E-state index contributed by atoms with van der Waals surface area (Å²) in [6, 6.07) is 9.27. The number of hydrogen-bond donors (Lipinski definition) is 2. The molecule has 0 saturated carbocycles. The van der Waals surface area contributed by atoms with E-state index in [0.717, 1.165) is 17.4 Å². The van der Waals surface area contributed by atoms with Gasteiger partial charge in [0.15, 0.2) is 0 Å². The number of para-hydroxylation sites is 1. The van der Waals surface area contributed by atoms with E-state index in [1.165, 1.54) is 24.3 Å². The summed E-state index contributed by atoms with van der Waals surface area (Å²) in [6.07, 6.45) is 2.36. The fourth-order valence-electron chi connectivity index (χ4n) is 2.60. The number of nitrogens with one attached hydrogen (secondary N) is 1. The Morgan fingerprint density at radius 2 is 2.10 bits per heavy atom. The Morgan fingerprint density at radius 3 is 2.90 bits per heavy atom. The maximum Gasteiger partial charge on any atom is 0.269 e. The van der Waals surface area contributed by atoms with Crippen molar-refractivity contribution in [2.45, 2.75) is 12.8 Å². The first-order valence-corrected chi connectivity index (χ1v) is 8.41. The summed E-state index contributed by atoms with van der Waals surface area (Å²) in [6.45, 7) is 0.730. The average molecular weight is 301 g/mol. The van der Waals surface area contributed by atoms with Crippen LogP contribution < -0.4 is 11.1 Å². The third kappa shape index (κ3) is 3.29. The lowest BCUT2D eigenvalue weighted by molar-refractivity contribution is 0.0942. The fraction of sp³-hybridized carbons (Fsp3) is 0.375. The van der Waals surface area contributed by atoms with E-state index in [-0.39, 0.29) is 5.91 Å². The number of thioether (sulfide) groups is 1. The number of anilines is 1. The summed E-state index contributed by atoms with van der Waals surface area (Å²) >= 11 is 1.99. The molecule has 2 heterocycles. The lowest BCUT2D eigenvalue weighted by Gasteiger charge is -2.21. The lowest BCUT2D eigenvalue weighted by Crippen LogP contribution is -2.31. The molecular weight excluding hydrogens is 282 g/mol. The average Bonchev–Trinajstić information content (AvgIpc) is 2.53. The monoisotopic (exact) mass is 301 g/mol. The molecule has 3 rings (SSSR count). The zero-order chi connectivity index (χ0) is 14.7. The third-order valence-electron chi connectivity index (χ3n) is 3.87. The summed E-state index contributed by atoms with van der Waals surface area (Å²) in [5.74, 6) is 2.85. The molecule has 0 spiro atoms. The largest absolute Gasteiger partial charge is 0.398 e. The number of pyridine rings is 1. The van der Waals surface area contributed by atoms with Crippen LogP contribution in [0.5, 0.6) is 0 Å². The van der Waals surface area contributed by atoms with Crippen LogP contribution in [0.3, 0.4) is 0 Å². The number of carbonyl (C=O) groups is 1. The molecule has 1 aliphatic rings. The molecule has 0 unspecified atom stereocenters. The molecule has 0 aliphatic carbocycles. The van der Waals surface area contributed by atoms with Gasteiger partial charge in [-0.05, 0) is 42.4 Å². The zero-order valence-electron chi connectivity index (χ0n) is 11.8. The van der Waals surface area contributed by atoms with Gasteiger partial charge in [-0.25, -0.2) is 4.98 Å². The Bertz CT molecular complexity index is 653. The molecule has 0 bridgehead atoms. The number of aromatic nitrogens is 1. The van der Waals surface area contributed by atoms with Crippen LogP contribution in [0, 0.1) is 5.92 Å². The van der Waals surface area contributed by atoms with E-state index in [9.17, 15) is 4.79 Å². The molecule has 1 aromatic carbocycles. The van der Waals surface area contributed by atoms with Crippen molar-refractivity contribution in [2.75, 3.05) is 23.8 Å². The first-order valence-electron chi connectivity index (χ1n) is 7.25. The summed E-state index contributed by atoms with van der Waals surface area (Å²) < 4.78 is 0. The first kappa shape index (κ1) is 14.2. The van der Waals surface area contributed by atoms with E-state index in [1.54, 1.807) is 6.07 Å². The molecule has 1 amide bonds. The highest BCUT2D eigenvalue weighted by atomic mass is 32.2. The van der Waals surface area contributed by atoms with E-state index in [2.05, 4.69) is 10.3 Å². The van der Waals surface area contributed by atoms with Crippen molar-refractivity contribution in [1.29, 1.82) is 0 Å². The zero-order valence-corrected chi connectivity index (χ0v) is 12.7. The van der Waals surface area contributed by atoms with E-state index < -0.39 is 0 Å². The van der Waals surface area contributed by atoms with Gasteiger partial charge in [-0.1, -0.05) is 18.2 Å². The SMILES string of the molecule is Nc1cc(C(=O)NCC2CCSCC2)nc2ccccc12. The summed E-state index contributed by atoms with van der Waals surface area (Å²) in [4.78, 5) is 16.7. The Balaban J connectivity index is 1.72. The van der Waals surface area contributed by atoms with E-state index in [0.29, 0.717) is 17.3 Å². The molecule has 21 heavy (non-hydrogen) atoms. The summed E-state index contributed by atoms with van der Waals surface area (Å²) in [7, 11) is 0. The van der Waals surface area contributed by atoms with Gasteiger partial charge in [0.1, 0.15) is 5.69 Å². The third-order valence-corrected chi connectivity index (χ3v) is 4.92. The van der Waals surface area contributed by atoms with Crippen molar-refractivity contribution < 1.29 is 4.79 Å². The molecule has 2 aromatic rings. The summed E-state index contributed by atoms with van der Waals surface area (Å²) in [5, 5.41) is 3.88. The van der Waals surface area contributed by atoms with Crippen molar-refractivity contribution in [3.8, 4) is 0 Å². The Hall–Kier alpha value is -1.75. The molecule has 5 heteroatoms. The van der Waals surface area contributed by atoms with Gasteiger partial charge in [0.2, 0.25) is 0 Å². The molecule has 4 nitrogen and oxygen atoms in total. The van der Waals surface area contributed by atoms with Gasteiger partial charge < -0.3 is 11.1 Å². The number of nitrogens with two attached hydrogens (primary N) is 1. The van der Waals surface area contributed by atoms with Crippen molar-refractivity contribution in [1.82, 2.24) is 10.3 Å². The Labute approximate surface area is 128 Å². The molecule has 1 saturated heterocycles. The number of amides is 1. The second-order valence-corrected chi connectivity index (χ2v) is 6.60. The number of rotatable bonds is 3. The normalized spacial score (nSPS) is 16.0. The van der Waals surface area contributed by atoms with Crippen LogP contribution in [0.15, 0.2) is 30.3 Å². The number of nitrogens with zero attached hydrogens (tertiary/aromatic N) is 1. The van der Waals surface area contributed by atoms with Crippen LogP contribution in [0.25, 0.3) is 10.9 Å². The maximum absolute atomic E-state index is 12.2. The Kier molecular flexibility index (Phi) is 4.29. The second kappa shape index (κ2) is 6.35. The second-order valence-electron chi connectivity index (χ2n) is 5.38. The van der Waals surface area contributed by atoms with Gasteiger partial charge in [-0.15, -0.1) is 0 Å². The van der Waals surface area contributed by atoms with Gasteiger partial charge >= 0.3 is 0 Å². The Morgan fingerprint density at radius 1 is 1.33 bits per heavy atom. The number of nitrogen functional groups attached to an aromatic ring is 1. The summed E-state index contributed by atoms with van der Waals surface area (Å²) in [5.41, 5.74) is 7.77. The number of hydrogen-bond acceptors (Lipinski definition) is 4. The highest BCUT2D eigenvalue weighted by Gasteiger charge is 2.16. The number of carbonyl (C=O) groups excluding carboxylic acids is 1. The van der Waals surface area contributed by atoms with E-state index in [4.69, 9.17) is 5.73 Å². The molecule has 0 atom stereocenters. The highest BCUT2D eigenvalue weighted by molar-refractivity contribution is 7.99. The maximum atomic E-state index is 12.2. The van der Waals surface area contributed by atoms with Crippen LogP contribution >= 0.6 is 11.8 Å². The quantitative estimate of drug-likeness (QED) is 0.914. The minimum Gasteiger partial charge on any atom is -0.398 e. The van der Waals surface area contributed by atoms with Crippen LogP contribution in [0.4, 0.5) is 5.69 Å². The standard InChI is InChI=1S/C16H19N3OS/c17-13-9-15(19-14-4-2-1-3-12(13)14)16(20)18-10-11-5-7-21-8-6-11/h1-4,9,11H,5-8,10H2,(H2,17,19)(H,18,20). The molecule has 1 fully saturated rings. The smallest absolute Gasteiger partial charge is 0.269 e. The molecule has 1 aliphatic heterocycles. The van der Waals surface area contributed by atoms with Gasteiger partial charge in [0.25, 0.3) is 5.91 Å². The first-order chi connectivity index (χ1) is 10.2. The van der Waals surface area contributed by atoms with E-state index in [1.807, 2.05) is 36.0 Å². The molecule has 0 radical (unpaired) electrons. The van der Waals surface area contributed by atoms with Crippen LogP contribution in [0.1, 0.15) is 23.3 Å². The molecule has 1 aromatic heterocycles. The minimum absolute atomic E-state index is 0.134. The highest BCUT2D eigenvalue weighted by Crippen LogP contribution is 2.22. The van der Waals surface area contributed by atoms with Crippen molar-refractivity contribution in [2.24, 2.45) is 5.92 Å². The fourth-order valence-corrected chi connectivity index (χ4v) is 3.80. The number of fused-ring (bicyclic) bond motifs is 1. The van der Waals surface area contributed by atoms with Crippen LogP contribution in [-0.2, 0) is 0 Å². The number of benzene rings is 1. The lowest BCUT2D eigenvalue weighted by atomic mass is 10.0. The predicted molar refractivity (Wildman–Crippen MR) is 88.5 cm³/mol. The van der Waals surface area contributed by atoms with E-state index >= 15 is 0 Å². The van der Waals surface area contributed by atoms with Crippen LogP contribution in [0.2, 0.25) is 0 Å². The van der Waals surface area contributed by atoms with Gasteiger partial charge in [0, 0.05) is 17.6 Å². The van der Waals surface area contributed by atoms with Gasteiger partial charge in [0.05, 0.1) is 5.52 Å². The molecule has 110 valence electrons. The van der Waals surface area contributed by atoms with Gasteiger partial charge in [-0.2, -0.15) is 11.8 Å².